The second kappa shape index (κ2) is 6.91. The lowest BCUT2D eigenvalue weighted by atomic mass is 10.2. The Hall–Kier alpha value is -1.92. The molecule has 6 nitrogen and oxygen atoms in total. The molecule has 2 fully saturated rings. The highest BCUT2D eigenvalue weighted by Gasteiger charge is 2.30. The summed E-state index contributed by atoms with van der Waals surface area (Å²) in [6.45, 7) is 5.46. The fraction of sp³-hybridized carbons (Fsp3) is 0.556. The number of methoxy groups -OCH3 is 1. The molecule has 0 N–H and O–H groups in total. The molecular weight excluding hydrogens is 304 g/mol. The number of hydrogen-bond donors (Lipinski definition) is 0. The number of likely N-dealkylation sites (tertiary alicyclic amines) is 2. The molecule has 0 amide bonds. The van der Waals surface area contributed by atoms with Crippen LogP contribution in [0.15, 0.2) is 28.8 Å². The second-order valence-electron chi connectivity index (χ2n) is 6.63. The Balaban J connectivity index is 1.41. The van der Waals surface area contributed by atoms with Crippen LogP contribution in [-0.2, 0) is 6.54 Å². The molecular formula is C18H24N4O2. The molecule has 2 aliphatic rings. The largest absolute Gasteiger partial charge is 0.496 e. The van der Waals surface area contributed by atoms with Crippen LogP contribution in [0.3, 0.4) is 0 Å². The molecule has 1 aromatic carbocycles. The van der Waals surface area contributed by atoms with E-state index in [1.807, 2.05) is 24.3 Å². The van der Waals surface area contributed by atoms with Gasteiger partial charge in [0.25, 0.3) is 0 Å². The molecule has 0 aliphatic carbocycles. The monoisotopic (exact) mass is 328 g/mol. The summed E-state index contributed by atoms with van der Waals surface area (Å²) >= 11 is 0. The van der Waals surface area contributed by atoms with Crippen LogP contribution in [0.1, 0.15) is 25.2 Å². The maximum Gasteiger partial charge on any atom is 0.241 e. The molecule has 6 heteroatoms. The van der Waals surface area contributed by atoms with Gasteiger partial charge >= 0.3 is 0 Å². The van der Waals surface area contributed by atoms with E-state index in [0.717, 1.165) is 30.9 Å². The molecule has 0 bridgehead atoms. The molecule has 1 atom stereocenters. The summed E-state index contributed by atoms with van der Waals surface area (Å²) in [5, 5.41) is 4.13. The Morgan fingerprint density at radius 1 is 1.21 bits per heavy atom. The highest BCUT2D eigenvalue weighted by Crippen LogP contribution is 2.27. The van der Waals surface area contributed by atoms with E-state index in [9.17, 15) is 0 Å². The summed E-state index contributed by atoms with van der Waals surface area (Å²) in [6.07, 6.45) is 3.94. The summed E-state index contributed by atoms with van der Waals surface area (Å²) in [6, 6.07) is 8.45. The van der Waals surface area contributed by atoms with Crippen molar-refractivity contribution in [3.05, 3.63) is 30.2 Å². The fourth-order valence-corrected chi connectivity index (χ4v) is 3.81. The smallest absolute Gasteiger partial charge is 0.241 e. The summed E-state index contributed by atoms with van der Waals surface area (Å²) in [7, 11) is 1.66. The van der Waals surface area contributed by atoms with Crippen LogP contribution in [0.2, 0.25) is 0 Å². The number of nitrogens with zero attached hydrogens (tertiary/aromatic N) is 4. The molecule has 0 radical (unpaired) electrons. The summed E-state index contributed by atoms with van der Waals surface area (Å²) in [5.41, 5.74) is 0.867. The van der Waals surface area contributed by atoms with Gasteiger partial charge in [-0.15, -0.1) is 0 Å². The Labute approximate surface area is 142 Å². The average Bonchev–Trinajstić information content (AvgIpc) is 3.36. The highest BCUT2D eigenvalue weighted by atomic mass is 16.5. The predicted octanol–water partition coefficient (Wildman–Crippen LogP) is 2.42. The van der Waals surface area contributed by atoms with Crippen molar-refractivity contribution in [3.8, 4) is 17.1 Å². The van der Waals surface area contributed by atoms with Gasteiger partial charge in [0.1, 0.15) is 5.75 Å². The van der Waals surface area contributed by atoms with Crippen molar-refractivity contribution in [1.82, 2.24) is 19.9 Å². The normalized spacial score (nSPS) is 22.3. The van der Waals surface area contributed by atoms with Crippen molar-refractivity contribution >= 4 is 0 Å². The number of ether oxygens (including phenoxy) is 1. The Kier molecular flexibility index (Phi) is 4.49. The molecule has 1 aromatic heterocycles. The molecule has 128 valence electrons. The van der Waals surface area contributed by atoms with E-state index in [2.05, 4.69) is 19.9 Å². The minimum absolute atomic E-state index is 0.595. The first-order valence-electron chi connectivity index (χ1n) is 8.76. The van der Waals surface area contributed by atoms with Gasteiger partial charge in [0, 0.05) is 19.1 Å². The molecule has 0 saturated carbocycles. The van der Waals surface area contributed by atoms with Gasteiger partial charge in [-0.05, 0) is 44.5 Å². The second-order valence-corrected chi connectivity index (χ2v) is 6.63. The van der Waals surface area contributed by atoms with Crippen LogP contribution >= 0.6 is 0 Å². The van der Waals surface area contributed by atoms with Gasteiger partial charge in [-0.1, -0.05) is 17.3 Å². The topological polar surface area (TPSA) is 54.6 Å². The van der Waals surface area contributed by atoms with E-state index in [1.165, 1.54) is 32.4 Å². The van der Waals surface area contributed by atoms with Crippen LogP contribution < -0.4 is 4.74 Å². The lowest BCUT2D eigenvalue weighted by Gasteiger charge is -2.23. The zero-order valence-electron chi connectivity index (χ0n) is 14.1. The van der Waals surface area contributed by atoms with E-state index in [-0.39, 0.29) is 0 Å². The molecule has 24 heavy (non-hydrogen) atoms. The minimum atomic E-state index is 0.595. The van der Waals surface area contributed by atoms with Crippen LogP contribution in [0, 0.1) is 0 Å². The fourth-order valence-electron chi connectivity index (χ4n) is 3.81. The lowest BCUT2D eigenvalue weighted by molar-refractivity contribution is 0.217. The molecule has 3 heterocycles. The van der Waals surface area contributed by atoms with Gasteiger partial charge in [0.15, 0.2) is 0 Å². The molecule has 0 spiro atoms. The van der Waals surface area contributed by atoms with Gasteiger partial charge in [-0.25, -0.2) is 0 Å². The van der Waals surface area contributed by atoms with E-state index in [0.29, 0.717) is 17.8 Å². The third-order valence-electron chi connectivity index (χ3n) is 5.08. The van der Waals surface area contributed by atoms with E-state index in [1.54, 1.807) is 7.11 Å². The number of rotatable bonds is 5. The van der Waals surface area contributed by atoms with Gasteiger partial charge in [-0.2, -0.15) is 4.98 Å². The standard InChI is InChI=1S/C18H24N4O2/c1-23-16-7-3-2-6-15(16)18-19-17(24-20-18)13-21-11-8-14(12-21)22-9-4-5-10-22/h2-3,6-7,14H,4-5,8-13H2,1H3/t14-/m1/s1. The van der Waals surface area contributed by atoms with Crippen molar-refractivity contribution in [3.63, 3.8) is 0 Å². The summed E-state index contributed by atoms with van der Waals surface area (Å²) in [4.78, 5) is 9.61. The number of para-hydroxylation sites is 1. The Bertz CT molecular complexity index is 681. The van der Waals surface area contributed by atoms with Crippen molar-refractivity contribution in [2.75, 3.05) is 33.3 Å². The Morgan fingerprint density at radius 3 is 2.88 bits per heavy atom. The first-order valence-corrected chi connectivity index (χ1v) is 8.76. The molecule has 0 unspecified atom stereocenters. The van der Waals surface area contributed by atoms with E-state index < -0.39 is 0 Å². The third-order valence-corrected chi connectivity index (χ3v) is 5.08. The van der Waals surface area contributed by atoms with E-state index in [4.69, 9.17) is 9.26 Å². The highest BCUT2D eigenvalue weighted by molar-refractivity contribution is 5.63. The Morgan fingerprint density at radius 2 is 2.04 bits per heavy atom. The first kappa shape index (κ1) is 15.6. The van der Waals surface area contributed by atoms with Crippen LogP contribution in [0.5, 0.6) is 5.75 Å². The van der Waals surface area contributed by atoms with Gasteiger partial charge in [-0.3, -0.25) is 9.80 Å². The number of benzene rings is 1. The number of hydrogen-bond acceptors (Lipinski definition) is 6. The van der Waals surface area contributed by atoms with Gasteiger partial charge in [0.2, 0.25) is 11.7 Å². The summed E-state index contributed by atoms with van der Waals surface area (Å²) < 4.78 is 10.8. The third kappa shape index (κ3) is 3.16. The molecule has 4 rings (SSSR count). The number of aromatic nitrogens is 2. The molecule has 2 saturated heterocycles. The quantitative estimate of drug-likeness (QED) is 0.840. The predicted molar refractivity (Wildman–Crippen MR) is 90.8 cm³/mol. The van der Waals surface area contributed by atoms with Crippen LogP contribution in [0.4, 0.5) is 0 Å². The zero-order valence-corrected chi connectivity index (χ0v) is 14.1. The lowest BCUT2D eigenvalue weighted by Crippen LogP contribution is -2.35. The van der Waals surface area contributed by atoms with Crippen molar-refractivity contribution < 1.29 is 9.26 Å². The van der Waals surface area contributed by atoms with Crippen molar-refractivity contribution in [2.45, 2.75) is 31.8 Å². The maximum absolute atomic E-state index is 5.47. The molecule has 2 aliphatic heterocycles. The SMILES string of the molecule is COc1ccccc1-c1noc(CN2CC[C@@H](N3CCCC3)C2)n1. The first-order chi connectivity index (χ1) is 11.8. The van der Waals surface area contributed by atoms with Crippen molar-refractivity contribution in [2.24, 2.45) is 0 Å². The summed E-state index contributed by atoms with van der Waals surface area (Å²) in [5.74, 6) is 2.04. The molecule has 2 aromatic rings. The van der Waals surface area contributed by atoms with Crippen molar-refractivity contribution in [1.29, 1.82) is 0 Å². The van der Waals surface area contributed by atoms with Crippen LogP contribution in [-0.4, -0.2) is 59.3 Å². The maximum atomic E-state index is 5.47. The average molecular weight is 328 g/mol. The van der Waals surface area contributed by atoms with Crippen LogP contribution in [0.25, 0.3) is 11.4 Å². The minimum Gasteiger partial charge on any atom is -0.496 e. The van der Waals surface area contributed by atoms with Gasteiger partial charge in [0.05, 0.1) is 19.2 Å². The zero-order chi connectivity index (χ0) is 16.4. The van der Waals surface area contributed by atoms with Gasteiger partial charge < -0.3 is 9.26 Å². The van der Waals surface area contributed by atoms with E-state index >= 15 is 0 Å².